The molecule has 0 saturated carbocycles. The van der Waals surface area contributed by atoms with Crippen molar-refractivity contribution in [2.24, 2.45) is 0 Å². The first kappa shape index (κ1) is 21.2. The molecule has 0 radical (unpaired) electrons. The number of benzene rings is 1. The van der Waals surface area contributed by atoms with Gasteiger partial charge in [-0.3, -0.25) is 9.59 Å². The number of hydrogen-bond acceptors (Lipinski definition) is 5. The van der Waals surface area contributed by atoms with Gasteiger partial charge in [0, 0.05) is 49.1 Å². The van der Waals surface area contributed by atoms with E-state index in [1.807, 2.05) is 4.90 Å². The molecule has 1 atom stereocenters. The summed E-state index contributed by atoms with van der Waals surface area (Å²) in [5.41, 5.74) is 3.62. The molecule has 1 aliphatic carbocycles. The van der Waals surface area contributed by atoms with E-state index in [9.17, 15) is 9.59 Å². The van der Waals surface area contributed by atoms with E-state index in [0.29, 0.717) is 25.2 Å². The molecule has 1 unspecified atom stereocenters. The van der Waals surface area contributed by atoms with Gasteiger partial charge in [0.2, 0.25) is 5.91 Å². The van der Waals surface area contributed by atoms with E-state index >= 15 is 0 Å². The van der Waals surface area contributed by atoms with Crippen molar-refractivity contribution in [3.8, 4) is 0 Å². The number of amides is 1. The van der Waals surface area contributed by atoms with Crippen molar-refractivity contribution in [3.05, 3.63) is 56.4 Å². The van der Waals surface area contributed by atoms with Crippen LogP contribution in [0.2, 0.25) is 0 Å². The highest BCUT2D eigenvalue weighted by molar-refractivity contribution is 7.18. The number of fused-ring (bicyclic) bond motifs is 3. The molecule has 1 amide bonds. The van der Waals surface area contributed by atoms with Crippen LogP contribution in [0.1, 0.15) is 48.0 Å². The second-order valence-corrected chi connectivity index (χ2v) is 10.2. The van der Waals surface area contributed by atoms with Gasteiger partial charge in [-0.05, 0) is 57.2 Å². The molecule has 168 valence electrons. The Morgan fingerprint density at radius 3 is 2.75 bits per heavy atom. The largest absolute Gasteiger partial charge is 0.365 e. The molecule has 2 aromatic heterocycles. The Labute approximate surface area is 192 Å². The van der Waals surface area contributed by atoms with E-state index in [2.05, 4.69) is 48.0 Å². The van der Waals surface area contributed by atoms with Crippen LogP contribution in [-0.2, 0) is 24.1 Å². The molecule has 6 nitrogen and oxygen atoms in total. The van der Waals surface area contributed by atoms with Crippen LogP contribution in [0.5, 0.6) is 0 Å². The molecule has 7 heteroatoms. The van der Waals surface area contributed by atoms with Crippen LogP contribution in [-0.4, -0.2) is 46.5 Å². The number of aryl methyl sites for hydroxylation is 4. The summed E-state index contributed by atoms with van der Waals surface area (Å²) in [7, 11) is 0. The maximum atomic E-state index is 12.9. The average Bonchev–Trinajstić information content (AvgIpc) is 3.17. The van der Waals surface area contributed by atoms with Crippen molar-refractivity contribution >= 4 is 33.1 Å². The summed E-state index contributed by atoms with van der Waals surface area (Å²) >= 11 is 1.66. The number of rotatable bonds is 4. The summed E-state index contributed by atoms with van der Waals surface area (Å²) in [6.07, 6.45) is 5.20. The predicted octanol–water partition coefficient (Wildman–Crippen LogP) is 3.84. The third kappa shape index (κ3) is 4.06. The smallest absolute Gasteiger partial charge is 0.259 e. The quantitative estimate of drug-likeness (QED) is 0.656. The monoisotopic (exact) mass is 450 g/mol. The lowest BCUT2D eigenvalue weighted by Gasteiger charge is -2.41. The van der Waals surface area contributed by atoms with E-state index < -0.39 is 0 Å². The number of anilines is 1. The van der Waals surface area contributed by atoms with Crippen LogP contribution >= 0.6 is 11.3 Å². The Balaban J connectivity index is 1.23. The molecule has 2 aliphatic rings. The molecule has 1 saturated heterocycles. The van der Waals surface area contributed by atoms with Crippen molar-refractivity contribution in [3.63, 3.8) is 0 Å². The van der Waals surface area contributed by atoms with Crippen molar-refractivity contribution in [1.29, 1.82) is 0 Å². The highest BCUT2D eigenvalue weighted by Crippen LogP contribution is 2.33. The molecule has 0 spiro atoms. The molecule has 1 N–H and O–H groups in total. The van der Waals surface area contributed by atoms with Gasteiger partial charge in [0.1, 0.15) is 10.7 Å². The summed E-state index contributed by atoms with van der Waals surface area (Å²) in [4.78, 5) is 39.8. The van der Waals surface area contributed by atoms with Gasteiger partial charge >= 0.3 is 0 Å². The SMILES string of the molecule is Cc1ccc(N2CCN(C(=O)CCc3nc4sc5c(c4c(=O)[nH]3)CCCC5)CC2C)cc1. The number of hydrogen-bond donors (Lipinski definition) is 1. The fourth-order valence-electron chi connectivity index (χ4n) is 5.01. The van der Waals surface area contributed by atoms with Crippen LogP contribution in [0.25, 0.3) is 10.2 Å². The highest BCUT2D eigenvalue weighted by Gasteiger charge is 2.27. The van der Waals surface area contributed by atoms with Crippen LogP contribution in [0, 0.1) is 6.92 Å². The van der Waals surface area contributed by atoms with Crippen LogP contribution in [0.15, 0.2) is 29.1 Å². The summed E-state index contributed by atoms with van der Waals surface area (Å²) in [6.45, 7) is 6.53. The molecule has 3 aromatic rings. The van der Waals surface area contributed by atoms with Gasteiger partial charge in [0.05, 0.1) is 5.39 Å². The minimum atomic E-state index is -0.0443. The number of piperazine rings is 1. The Morgan fingerprint density at radius 1 is 1.19 bits per heavy atom. The number of aromatic nitrogens is 2. The van der Waals surface area contributed by atoms with Crippen molar-refractivity contribution in [1.82, 2.24) is 14.9 Å². The summed E-state index contributed by atoms with van der Waals surface area (Å²) in [5.74, 6) is 0.759. The Hall–Kier alpha value is -2.67. The summed E-state index contributed by atoms with van der Waals surface area (Å²) < 4.78 is 0. The molecule has 1 aromatic carbocycles. The Morgan fingerprint density at radius 2 is 1.97 bits per heavy atom. The number of thiophene rings is 1. The van der Waals surface area contributed by atoms with E-state index in [1.165, 1.54) is 28.1 Å². The second-order valence-electron chi connectivity index (χ2n) is 9.12. The fourth-order valence-corrected chi connectivity index (χ4v) is 6.30. The van der Waals surface area contributed by atoms with E-state index in [1.54, 1.807) is 11.3 Å². The van der Waals surface area contributed by atoms with Gasteiger partial charge in [-0.1, -0.05) is 17.7 Å². The topological polar surface area (TPSA) is 69.3 Å². The predicted molar refractivity (Wildman–Crippen MR) is 130 cm³/mol. The number of H-pyrrole nitrogens is 1. The average molecular weight is 451 g/mol. The van der Waals surface area contributed by atoms with E-state index in [-0.39, 0.29) is 17.5 Å². The van der Waals surface area contributed by atoms with Gasteiger partial charge in [0.15, 0.2) is 0 Å². The Bertz CT molecular complexity index is 1200. The normalized spacial score (nSPS) is 18.8. The zero-order valence-electron chi connectivity index (χ0n) is 18.8. The maximum absolute atomic E-state index is 12.9. The molecule has 32 heavy (non-hydrogen) atoms. The number of nitrogens with zero attached hydrogens (tertiary/aromatic N) is 3. The minimum Gasteiger partial charge on any atom is -0.365 e. The van der Waals surface area contributed by atoms with Crippen LogP contribution < -0.4 is 10.5 Å². The lowest BCUT2D eigenvalue weighted by molar-refractivity contribution is -0.131. The number of carbonyl (C=O) groups excluding carboxylic acids is 1. The zero-order valence-corrected chi connectivity index (χ0v) is 19.6. The van der Waals surface area contributed by atoms with Crippen LogP contribution in [0.3, 0.4) is 0 Å². The first-order chi connectivity index (χ1) is 15.5. The molecule has 5 rings (SSSR count). The third-order valence-corrected chi connectivity index (χ3v) is 7.98. The van der Waals surface area contributed by atoms with E-state index in [4.69, 9.17) is 4.98 Å². The van der Waals surface area contributed by atoms with Gasteiger partial charge in [0.25, 0.3) is 5.56 Å². The first-order valence-electron chi connectivity index (χ1n) is 11.6. The van der Waals surface area contributed by atoms with Crippen molar-refractivity contribution < 1.29 is 4.79 Å². The Kier molecular flexibility index (Phi) is 5.76. The van der Waals surface area contributed by atoms with Gasteiger partial charge in [-0.25, -0.2) is 4.98 Å². The molecular weight excluding hydrogens is 420 g/mol. The third-order valence-electron chi connectivity index (χ3n) is 6.80. The first-order valence-corrected chi connectivity index (χ1v) is 12.5. The van der Waals surface area contributed by atoms with Crippen molar-refractivity contribution in [2.75, 3.05) is 24.5 Å². The standard InChI is InChI=1S/C25H30N4O2S/c1-16-7-9-18(10-8-16)29-14-13-28(15-17(29)2)22(30)12-11-21-26-24(31)23-19-5-3-4-6-20(19)32-25(23)27-21/h7-10,17H,3-6,11-15H2,1-2H3,(H,26,27,31). The summed E-state index contributed by atoms with van der Waals surface area (Å²) in [5, 5.41) is 0.779. The lowest BCUT2D eigenvalue weighted by Crippen LogP contribution is -2.53. The van der Waals surface area contributed by atoms with Crippen molar-refractivity contribution in [2.45, 2.75) is 58.4 Å². The molecule has 0 bridgehead atoms. The van der Waals surface area contributed by atoms with E-state index in [0.717, 1.165) is 42.6 Å². The number of aromatic amines is 1. The molecule has 1 aliphatic heterocycles. The maximum Gasteiger partial charge on any atom is 0.259 e. The highest BCUT2D eigenvalue weighted by atomic mass is 32.1. The number of carbonyl (C=O) groups is 1. The fraction of sp³-hybridized carbons (Fsp3) is 0.480. The molecule has 1 fully saturated rings. The van der Waals surface area contributed by atoms with Gasteiger partial charge < -0.3 is 14.8 Å². The summed E-state index contributed by atoms with van der Waals surface area (Å²) in [6, 6.07) is 8.85. The zero-order chi connectivity index (χ0) is 22.2. The molecular formula is C25H30N4O2S. The number of nitrogens with one attached hydrogen (secondary N) is 1. The second kappa shape index (κ2) is 8.70. The molecule has 3 heterocycles. The van der Waals surface area contributed by atoms with Gasteiger partial charge in [-0.15, -0.1) is 11.3 Å². The minimum absolute atomic E-state index is 0.0443. The lowest BCUT2D eigenvalue weighted by atomic mass is 9.97. The van der Waals surface area contributed by atoms with Gasteiger partial charge in [-0.2, -0.15) is 0 Å². The van der Waals surface area contributed by atoms with Crippen LogP contribution in [0.4, 0.5) is 5.69 Å².